The predicted octanol–water partition coefficient (Wildman–Crippen LogP) is 3.17. The highest BCUT2D eigenvalue weighted by atomic mass is 32.2. The van der Waals surface area contributed by atoms with Crippen LogP contribution in [0.5, 0.6) is 0 Å². The molecule has 0 aliphatic rings. The normalized spacial score (nSPS) is 11.8. The third-order valence-corrected chi connectivity index (χ3v) is 6.99. The van der Waals surface area contributed by atoms with Crippen molar-refractivity contribution in [2.24, 2.45) is 0 Å². The molecular weight excluding hydrogens is 368 g/mol. The Bertz CT molecular complexity index is 999. The second kappa shape index (κ2) is 7.30. The van der Waals surface area contributed by atoms with Crippen LogP contribution in [-0.2, 0) is 23.0 Å². The van der Waals surface area contributed by atoms with E-state index >= 15 is 0 Å². The fourth-order valence-electron chi connectivity index (χ4n) is 2.78. The van der Waals surface area contributed by atoms with Crippen molar-refractivity contribution in [2.75, 3.05) is 0 Å². The lowest BCUT2D eigenvalue weighted by Gasteiger charge is -2.05. The SMILES string of the molecule is Cc1ccc(Cc2sc(CNS(=O)(=O)c3c(C)n[nH]c3C)nc2C)cc1. The number of hydrogen-bond donors (Lipinski definition) is 2. The van der Waals surface area contributed by atoms with Crippen molar-refractivity contribution in [2.45, 2.75) is 45.6 Å². The van der Waals surface area contributed by atoms with Gasteiger partial charge in [-0.05, 0) is 33.3 Å². The Morgan fingerprint density at radius 3 is 2.38 bits per heavy atom. The maximum absolute atomic E-state index is 12.5. The third-order valence-electron chi connectivity index (χ3n) is 4.16. The van der Waals surface area contributed by atoms with Crippen molar-refractivity contribution in [3.63, 3.8) is 0 Å². The zero-order chi connectivity index (χ0) is 18.9. The third kappa shape index (κ3) is 4.03. The number of aromatic amines is 1. The van der Waals surface area contributed by atoms with Crippen LogP contribution < -0.4 is 4.72 Å². The van der Waals surface area contributed by atoms with Crippen LogP contribution in [0.3, 0.4) is 0 Å². The first-order valence-electron chi connectivity index (χ1n) is 8.28. The first-order valence-corrected chi connectivity index (χ1v) is 10.6. The molecule has 2 N–H and O–H groups in total. The summed E-state index contributed by atoms with van der Waals surface area (Å²) < 4.78 is 27.7. The fraction of sp³-hybridized carbons (Fsp3) is 0.333. The topological polar surface area (TPSA) is 87.7 Å². The van der Waals surface area contributed by atoms with Gasteiger partial charge in [0.25, 0.3) is 0 Å². The monoisotopic (exact) mass is 390 g/mol. The summed E-state index contributed by atoms with van der Waals surface area (Å²) >= 11 is 1.54. The van der Waals surface area contributed by atoms with Crippen molar-refractivity contribution < 1.29 is 8.42 Å². The maximum atomic E-state index is 12.5. The molecule has 0 radical (unpaired) electrons. The average Bonchev–Trinajstić information content (AvgIpc) is 3.10. The van der Waals surface area contributed by atoms with Gasteiger partial charge in [0.2, 0.25) is 10.0 Å². The fourth-order valence-corrected chi connectivity index (χ4v) is 5.27. The summed E-state index contributed by atoms with van der Waals surface area (Å²) in [4.78, 5) is 5.89. The van der Waals surface area contributed by atoms with E-state index in [0.29, 0.717) is 11.4 Å². The summed E-state index contributed by atoms with van der Waals surface area (Å²) in [5.74, 6) is 0. The summed E-state index contributed by atoms with van der Waals surface area (Å²) in [7, 11) is -3.62. The van der Waals surface area contributed by atoms with Crippen molar-refractivity contribution in [3.05, 3.63) is 62.4 Å². The Morgan fingerprint density at radius 1 is 1.08 bits per heavy atom. The first kappa shape index (κ1) is 18.8. The molecule has 0 atom stereocenters. The number of aryl methyl sites for hydroxylation is 4. The summed E-state index contributed by atoms with van der Waals surface area (Å²) in [5.41, 5.74) is 4.39. The van der Waals surface area contributed by atoms with E-state index in [9.17, 15) is 8.42 Å². The van der Waals surface area contributed by atoms with Gasteiger partial charge in [-0.3, -0.25) is 5.10 Å². The van der Waals surface area contributed by atoms with Crippen LogP contribution in [0.4, 0.5) is 0 Å². The standard InChI is InChI=1S/C18H22N4O2S2/c1-11-5-7-15(8-6-11)9-16-12(2)20-17(25-16)10-19-26(23,24)18-13(3)21-22-14(18)4/h5-8,19H,9-10H2,1-4H3,(H,21,22). The Morgan fingerprint density at radius 2 is 1.77 bits per heavy atom. The molecule has 0 unspecified atom stereocenters. The molecule has 3 rings (SSSR count). The lowest BCUT2D eigenvalue weighted by molar-refractivity contribution is 0.580. The minimum atomic E-state index is -3.62. The van der Waals surface area contributed by atoms with E-state index in [2.05, 4.69) is 51.1 Å². The molecule has 0 aliphatic heterocycles. The number of sulfonamides is 1. The van der Waals surface area contributed by atoms with Crippen LogP contribution in [0.15, 0.2) is 29.2 Å². The molecule has 3 aromatic rings. The molecule has 0 amide bonds. The number of H-pyrrole nitrogens is 1. The van der Waals surface area contributed by atoms with Gasteiger partial charge in [-0.2, -0.15) is 5.10 Å². The number of nitrogens with one attached hydrogen (secondary N) is 2. The quantitative estimate of drug-likeness (QED) is 0.677. The van der Waals surface area contributed by atoms with E-state index in [1.54, 1.807) is 25.2 Å². The van der Waals surface area contributed by atoms with Crippen LogP contribution in [0, 0.1) is 27.7 Å². The number of hydrogen-bond acceptors (Lipinski definition) is 5. The minimum absolute atomic E-state index is 0.172. The van der Waals surface area contributed by atoms with E-state index < -0.39 is 10.0 Å². The molecule has 2 heterocycles. The van der Waals surface area contributed by atoms with Crippen molar-refractivity contribution in [3.8, 4) is 0 Å². The van der Waals surface area contributed by atoms with Gasteiger partial charge >= 0.3 is 0 Å². The Kier molecular flexibility index (Phi) is 5.27. The highest BCUT2D eigenvalue weighted by molar-refractivity contribution is 7.89. The Hall–Kier alpha value is -2.03. The van der Waals surface area contributed by atoms with E-state index in [4.69, 9.17) is 0 Å². The lowest BCUT2D eigenvalue weighted by Crippen LogP contribution is -2.24. The van der Waals surface area contributed by atoms with Gasteiger partial charge in [0.1, 0.15) is 9.90 Å². The number of thiazole rings is 1. The summed E-state index contributed by atoms with van der Waals surface area (Å²) in [6, 6.07) is 8.41. The average molecular weight is 391 g/mol. The molecule has 6 nitrogen and oxygen atoms in total. The molecule has 0 aliphatic carbocycles. The smallest absolute Gasteiger partial charge is 0.244 e. The van der Waals surface area contributed by atoms with Gasteiger partial charge in [0, 0.05) is 11.3 Å². The minimum Gasteiger partial charge on any atom is -0.281 e. The molecule has 8 heteroatoms. The van der Waals surface area contributed by atoms with Crippen molar-refractivity contribution in [1.29, 1.82) is 0 Å². The molecule has 138 valence electrons. The van der Waals surface area contributed by atoms with Gasteiger partial charge in [-0.1, -0.05) is 29.8 Å². The molecule has 1 aromatic carbocycles. The van der Waals surface area contributed by atoms with E-state index in [1.165, 1.54) is 11.1 Å². The van der Waals surface area contributed by atoms with Crippen LogP contribution in [0.2, 0.25) is 0 Å². The summed E-state index contributed by atoms with van der Waals surface area (Å²) in [6.07, 6.45) is 0.802. The van der Waals surface area contributed by atoms with E-state index in [1.807, 2.05) is 6.92 Å². The van der Waals surface area contributed by atoms with Crippen LogP contribution in [0.25, 0.3) is 0 Å². The molecule has 0 bridgehead atoms. The molecule has 0 spiro atoms. The van der Waals surface area contributed by atoms with Crippen molar-refractivity contribution in [1.82, 2.24) is 19.9 Å². The van der Waals surface area contributed by atoms with Crippen molar-refractivity contribution >= 4 is 21.4 Å². The highest BCUT2D eigenvalue weighted by Gasteiger charge is 2.22. The van der Waals surface area contributed by atoms with E-state index in [0.717, 1.165) is 22.0 Å². The maximum Gasteiger partial charge on any atom is 0.244 e. The Labute approximate surface area is 157 Å². The van der Waals surface area contributed by atoms with E-state index in [-0.39, 0.29) is 11.4 Å². The zero-order valence-corrected chi connectivity index (χ0v) is 16.9. The Balaban J connectivity index is 1.72. The molecular formula is C18H22N4O2S2. The second-order valence-electron chi connectivity index (χ2n) is 6.37. The van der Waals surface area contributed by atoms with Gasteiger partial charge in [0.15, 0.2) is 0 Å². The first-order chi connectivity index (χ1) is 12.3. The largest absolute Gasteiger partial charge is 0.281 e. The van der Waals surface area contributed by atoms with Gasteiger partial charge in [-0.25, -0.2) is 18.1 Å². The van der Waals surface area contributed by atoms with Gasteiger partial charge in [-0.15, -0.1) is 11.3 Å². The van der Waals surface area contributed by atoms with Crippen LogP contribution in [0.1, 0.15) is 38.1 Å². The summed E-state index contributed by atoms with van der Waals surface area (Å²) in [6.45, 7) is 7.57. The van der Waals surface area contributed by atoms with Crippen LogP contribution >= 0.6 is 11.3 Å². The van der Waals surface area contributed by atoms with Crippen LogP contribution in [-0.4, -0.2) is 23.6 Å². The summed E-state index contributed by atoms with van der Waals surface area (Å²) in [5, 5.41) is 7.41. The molecule has 0 saturated heterocycles. The number of benzene rings is 1. The van der Waals surface area contributed by atoms with Gasteiger partial charge in [0.05, 0.1) is 23.6 Å². The van der Waals surface area contributed by atoms with Gasteiger partial charge < -0.3 is 0 Å². The number of rotatable bonds is 6. The molecule has 26 heavy (non-hydrogen) atoms. The zero-order valence-electron chi connectivity index (χ0n) is 15.3. The number of aromatic nitrogens is 3. The molecule has 2 aromatic heterocycles. The molecule has 0 saturated carbocycles. The lowest BCUT2D eigenvalue weighted by atomic mass is 10.1. The number of nitrogens with zero attached hydrogens (tertiary/aromatic N) is 2. The highest BCUT2D eigenvalue weighted by Crippen LogP contribution is 2.23. The second-order valence-corrected chi connectivity index (χ2v) is 9.24. The predicted molar refractivity (Wildman–Crippen MR) is 103 cm³/mol. The molecule has 0 fully saturated rings.